The summed E-state index contributed by atoms with van der Waals surface area (Å²) in [6.07, 6.45) is 0. The zero-order valence-corrected chi connectivity index (χ0v) is 18.6. The lowest BCUT2D eigenvalue weighted by molar-refractivity contribution is 1.32. The quantitative estimate of drug-likeness (QED) is 0.392. The van der Waals surface area contributed by atoms with Crippen molar-refractivity contribution in [3.8, 4) is 0 Å². The highest BCUT2D eigenvalue weighted by Crippen LogP contribution is 2.50. The van der Waals surface area contributed by atoms with E-state index in [9.17, 15) is 0 Å². The fourth-order valence-corrected chi connectivity index (χ4v) is 7.34. The number of aryl methyl sites for hydroxylation is 2. The molecule has 4 aromatic rings. The summed E-state index contributed by atoms with van der Waals surface area (Å²) in [5, 5.41) is 7.12. The van der Waals surface area contributed by atoms with E-state index in [0.29, 0.717) is 0 Å². The molecule has 0 radical (unpaired) electrons. The average Bonchev–Trinajstić information content (AvgIpc) is 2.81. The molecule has 3 heteroatoms. The fourth-order valence-electron chi connectivity index (χ4n) is 3.80. The second-order valence-electron chi connectivity index (χ2n) is 7.45. The lowest BCUT2D eigenvalue weighted by Gasteiger charge is -2.27. The van der Waals surface area contributed by atoms with Gasteiger partial charge in [-0.1, -0.05) is 91.0 Å². The summed E-state index contributed by atoms with van der Waals surface area (Å²) < 4.78 is 5.62. The first-order valence-electron chi connectivity index (χ1n) is 10.2. The van der Waals surface area contributed by atoms with E-state index in [-0.39, 0.29) is 0 Å². The van der Waals surface area contributed by atoms with E-state index in [2.05, 4.69) is 122 Å². The van der Waals surface area contributed by atoms with Crippen LogP contribution in [0.25, 0.3) is 0 Å². The van der Waals surface area contributed by atoms with E-state index < -0.39 is 7.05 Å². The Morgan fingerprint density at radius 3 is 1.40 bits per heavy atom. The average molecular weight is 411 g/mol. The molecule has 0 atom stereocenters. The molecule has 0 spiro atoms. The topological polar surface area (TPSA) is 24.4 Å². The van der Waals surface area contributed by atoms with Gasteiger partial charge in [0.05, 0.1) is 18.4 Å². The molecule has 0 amide bonds. The van der Waals surface area contributed by atoms with Crippen molar-refractivity contribution in [2.75, 3.05) is 12.4 Å². The van der Waals surface area contributed by atoms with Crippen LogP contribution in [0, 0.1) is 13.8 Å². The van der Waals surface area contributed by atoms with E-state index in [4.69, 9.17) is 4.74 Å². The first kappa shape index (κ1) is 20.2. The molecular formula is C27H27N2P. The maximum atomic E-state index is 5.62. The van der Waals surface area contributed by atoms with Crippen LogP contribution in [0.3, 0.4) is 0 Å². The summed E-state index contributed by atoms with van der Waals surface area (Å²) in [7, 11) is -0.296. The van der Waals surface area contributed by atoms with Gasteiger partial charge in [-0.05, 0) is 37.1 Å². The highest BCUT2D eigenvalue weighted by Gasteiger charge is 2.27. The summed E-state index contributed by atoms with van der Waals surface area (Å²) in [6, 6.07) is 36.6. The van der Waals surface area contributed by atoms with Crippen LogP contribution in [0.2, 0.25) is 0 Å². The molecule has 0 aliphatic carbocycles. The smallest absolute Gasteiger partial charge is 0.0859 e. The van der Waals surface area contributed by atoms with Crippen LogP contribution in [0.5, 0.6) is 0 Å². The third kappa shape index (κ3) is 3.72. The predicted molar refractivity (Wildman–Crippen MR) is 133 cm³/mol. The molecule has 0 fully saturated rings. The molecule has 1 N–H and O–H groups in total. The summed E-state index contributed by atoms with van der Waals surface area (Å²) in [5.74, 6) is 0. The molecule has 0 saturated heterocycles. The largest absolute Gasteiger partial charge is 0.386 e. The third-order valence-electron chi connectivity index (χ3n) is 5.53. The SMILES string of the molecule is CNc1cc(C)c(C)cc1N=P(c1ccccc1)(c1ccccc1)c1ccccc1. The molecule has 0 bridgehead atoms. The van der Waals surface area contributed by atoms with E-state index in [0.717, 1.165) is 11.4 Å². The van der Waals surface area contributed by atoms with Gasteiger partial charge < -0.3 is 5.32 Å². The van der Waals surface area contributed by atoms with Crippen molar-refractivity contribution in [1.29, 1.82) is 0 Å². The van der Waals surface area contributed by atoms with Crippen molar-refractivity contribution < 1.29 is 0 Å². The maximum absolute atomic E-state index is 5.62. The molecule has 0 heterocycles. The van der Waals surface area contributed by atoms with Crippen LogP contribution < -0.4 is 21.2 Å². The standard InChI is InChI=1S/C27H27N2P/c1-21-19-26(28-3)27(20-22(21)2)29-30(23-13-7-4-8-14-23,24-15-9-5-10-16-24)25-17-11-6-12-18-25/h4-20,28H,1-3H3. The molecule has 0 saturated carbocycles. The van der Waals surface area contributed by atoms with Gasteiger partial charge in [0, 0.05) is 23.0 Å². The number of rotatable bonds is 5. The second kappa shape index (κ2) is 8.73. The number of hydrogen-bond acceptors (Lipinski definition) is 2. The Balaban J connectivity index is 2.17. The van der Waals surface area contributed by atoms with Gasteiger partial charge in [0.25, 0.3) is 0 Å². The lowest BCUT2D eigenvalue weighted by Crippen LogP contribution is -2.25. The Labute approximate surface area is 179 Å². The second-order valence-corrected chi connectivity index (χ2v) is 10.5. The van der Waals surface area contributed by atoms with Crippen LogP contribution in [0.1, 0.15) is 11.1 Å². The van der Waals surface area contributed by atoms with Gasteiger partial charge in [-0.3, -0.25) is 4.74 Å². The minimum absolute atomic E-state index is 1.01. The van der Waals surface area contributed by atoms with Crippen LogP contribution in [-0.2, 0) is 0 Å². The molecule has 0 aliphatic rings. The predicted octanol–water partition coefficient (Wildman–Crippen LogP) is 6.15. The van der Waals surface area contributed by atoms with Crippen molar-refractivity contribution in [3.63, 3.8) is 0 Å². The Bertz CT molecular complexity index is 1080. The van der Waals surface area contributed by atoms with Crippen molar-refractivity contribution in [2.24, 2.45) is 4.74 Å². The van der Waals surface area contributed by atoms with E-state index in [1.54, 1.807) is 0 Å². The van der Waals surface area contributed by atoms with Crippen molar-refractivity contribution >= 4 is 34.3 Å². The Morgan fingerprint density at radius 1 is 0.600 bits per heavy atom. The molecule has 0 aliphatic heterocycles. The van der Waals surface area contributed by atoms with Crippen molar-refractivity contribution in [3.05, 3.63) is 114 Å². The lowest BCUT2D eigenvalue weighted by atomic mass is 10.1. The number of nitrogens with one attached hydrogen (secondary N) is 1. The first-order valence-corrected chi connectivity index (χ1v) is 12.0. The van der Waals surface area contributed by atoms with Gasteiger partial charge >= 0.3 is 0 Å². The van der Waals surface area contributed by atoms with Crippen LogP contribution in [0.4, 0.5) is 11.4 Å². The minimum Gasteiger partial charge on any atom is -0.386 e. The number of hydrogen-bond donors (Lipinski definition) is 1. The van der Waals surface area contributed by atoms with Crippen LogP contribution in [-0.4, -0.2) is 7.05 Å². The zero-order chi connectivity index (χ0) is 21.0. The van der Waals surface area contributed by atoms with Gasteiger partial charge in [-0.15, -0.1) is 0 Å². The highest BCUT2D eigenvalue weighted by atomic mass is 31.2. The number of anilines is 1. The highest BCUT2D eigenvalue weighted by molar-refractivity contribution is 7.87. The fraction of sp³-hybridized carbons (Fsp3) is 0.111. The Hall–Kier alpha value is -3.09. The molecule has 30 heavy (non-hydrogen) atoms. The summed E-state index contributed by atoms with van der Waals surface area (Å²) in [4.78, 5) is 0. The molecule has 4 aromatic carbocycles. The normalized spacial score (nSPS) is 11.2. The summed E-state index contributed by atoms with van der Waals surface area (Å²) in [5.41, 5.74) is 4.58. The molecule has 0 unspecified atom stereocenters. The van der Waals surface area contributed by atoms with Gasteiger partial charge in [0.15, 0.2) is 0 Å². The monoisotopic (exact) mass is 410 g/mol. The Kier molecular flexibility index (Phi) is 5.88. The van der Waals surface area contributed by atoms with E-state index in [1.807, 2.05) is 7.05 Å². The van der Waals surface area contributed by atoms with Crippen molar-refractivity contribution in [2.45, 2.75) is 13.8 Å². The maximum Gasteiger partial charge on any atom is 0.0859 e. The molecule has 4 rings (SSSR count). The van der Waals surface area contributed by atoms with Gasteiger partial charge in [-0.25, -0.2) is 0 Å². The van der Waals surface area contributed by atoms with Gasteiger partial charge in [0.2, 0.25) is 0 Å². The van der Waals surface area contributed by atoms with E-state index in [1.165, 1.54) is 27.0 Å². The molecular weight excluding hydrogens is 383 g/mol. The Morgan fingerprint density at radius 2 is 1.00 bits per heavy atom. The van der Waals surface area contributed by atoms with Crippen molar-refractivity contribution in [1.82, 2.24) is 0 Å². The van der Waals surface area contributed by atoms with Gasteiger partial charge in [-0.2, -0.15) is 0 Å². The molecule has 150 valence electrons. The zero-order valence-electron chi connectivity index (χ0n) is 17.7. The number of benzene rings is 4. The minimum atomic E-state index is -2.27. The summed E-state index contributed by atoms with van der Waals surface area (Å²) >= 11 is 0. The van der Waals surface area contributed by atoms with Gasteiger partial charge in [0.1, 0.15) is 0 Å². The molecule has 2 nitrogen and oxygen atoms in total. The van der Waals surface area contributed by atoms with Crippen LogP contribution in [0.15, 0.2) is 108 Å². The van der Waals surface area contributed by atoms with Crippen LogP contribution >= 0.6 is 7.05 Å². The first-order chi connectivity index (χ1) is 14.6. The third-order valence-corrected chi connectivity index (χ3v) is 9.18. The molecule has 0 aromatic heterocycles. The summed E-state index contributed by atoms with van der Waals surface area (Å²) in [6.45, 7) is 4.30. The van der Waals surface area contributed by atoms with E-state index >= 15 is 0 Å². The number of nitrogens with zero attached hydrogens (tertiary/aromatic N) is 1.